The van der Waals surface area contributed by atoms with Gasteiger partial charge in [-0.1, -0.05) is 49.7 Å². The van der Waals surface area contributed by atoms with Crippen LogP contribution in [0, 0.1) is 0 Å². The molecule has 4 nitrogen and oxygen atoms in total. The maximum Gasteiger partial charge on any atom is 0.318 e. The van der Waals surface area contributed by atoms with Crippen molar-refractivity contribution in [2.24, 2.45) is 0 Å². The van der Waals surface area contributed by atoms with Gasteiger partial charge in [0.2, 0.25) is 0 Å². The van der Waals surface area contributed by atoms with Gasteiger partial charge in [0.1, 0.15) is 5.25 Å². The lowest BCUT2D eigenvalue weighted by molar-refractivity contribution is -0.136. The first-order valence-electron chi connectivity index (χ1n) is 8.39. The van der Waals surface area contributed by atoms with Gasteiger partial charge in [-0.25, -0.2) is 0 Å². The smallest absolute Gasteiger partial charge is 0.318 e. The molecule has 5 heteroatoms. The van der Waals surface area contributed by atoms with Gasteiger partial charge < -0.3 is 10.4 Å². The number of unbranched alkanes of at least 4 members (excludes halogenated alkanes) is 1. The lowest BCUT2D eigenvalue weighted by Gasteiger charge is -2.09. The number of hydrogen-bond donors (Lipinski definition) is 3. The summed E-state index contributed by atoms with van der Waals surface area (Å²) < 4.78 is 0. The van der Waals surface area contributed by atoms with E-state index in [-0.39, 0.29) is 12.5 Å². The first-order chi connectivity index (χ1) is 12.0. The van der Waals surface area contributed by atoms with E-state index in [2.05, 4.69) is 49.1 Å². The van der Waals surface area contributed by atoms with Crippen LogP contribution in [0.1, 0.15) is 35.7 Å². The van der Waals surface area contributed by atoms with Crippen LogP contribution in [0.4, 0.5) is 0 Å². The highest BCUT2D eigenvalue weighted by atomic mass is 32.1. The number of nitrogens with one attached hydrogen (secondary N) is 1. The lowest BCUT2D eigenvalue weighted by Crippen LogP contribution is -2.33. The van der Waals surface area contributed by atoms with Gasteiger partial charge in [0.05, 0.1) is 0 Å². The summed E-state index contributed by atoms with van der Waals surface area (Å²) in [5, 5.41) is 10.4. The Labute approximate surface area is 153 Å². The molecule has 0 bridgehead atoms. The number of carboxylic acid groups (broad SMARTS) is 1. The molecule has 1 amide bonds. The monoisotopic (exact) mass is 357 g/mol. The molecule has 132 valence electrons. The predicted molar refractivity (Wildman–Crippen MR) is 103 cm³/mol. The molecule has 0 heterocycles. The van der Waals surface area contributed by atoms with Gasteiger partial charge in [-0.2, -0.15) is 12.6 Å². The van der Waals surface area contributed by atoms with Crippen molar-refractivity contribution in [1.82, 2.24) is 5.32 Å². The number of thiol groups is 1. The summed E-state index contributed by atoms with van der Waals surface area (Å²) >= 11 is 3.89. The Morgan fingerprint density at radius 2 is 1.60 bits per heavy atom. The van der Waals surface area contributed by atoms with E-state index in [4.69, 9.17) is 5.11 Å². The van der Waals surface area contributed by atoms with Crippen molar-refractivity contribution in [3.05, 3.63) is 59.7 Å². The first-order valence-corrected chi connectivity index (χ1v) is 8.91. The van der Waals surface area contributed by atoms with Crippen molar-refractivity contribution < 1.29 is 14.7 Å². The van der Waals surface area contributed by atoms with E-state index < -0.39 is 11.2 Å². The number of rotatable bonds is 8. The van der Waals surface area contributed by atoms with Gasteiger partial charge in [-0.15, -0.1) is 0 Å². The summed E-state index contributed by atoms with van der Waals surface area (Å²) in [5.41, 5.74) is 3.97. The van der Waals surface area contributed by atoms with Crippen LogP contribution in [0.25, 0.3) is 11.1 Å². The second-order valence-electron chi connectivity index (χ2n) is 5.94. The number of carbonyl (C=O) groups is 2. The van der Waals surface area contributed by atoms with Crippen LogP contribution in [0.3, 0.4) is 0 Å². The third-order valence-electron chi connectivity index (χ3n) is 3.99. The molecule has 1 unspecified atom stereocenters. The highest BCUT2D eigenvalue weighted by molar-refractivity contribution is 7.81. The minimum atomic E-state index is -1.05. The van der Waals surface area contributed by atoms with Gasteiger partial charge in [0.25, 0.3) is 5.91 Å². The van der Waals surface area contributed by atoms with Crippen molar-refractivity contribution in [2.75, 3.05) is 6.54 Å². The highest BCUT2D eigenvalue weighted by Gasteiger charge is 2.14. The lowest BCUT2D eigenvalue weighted by atomic mass is 10.0. The van der Waals surface area contributed by atoms with Crippen LogP contribution < -0.4 is 5.32 Å². The van der Waals surface area contributed by atoms with Crippen molar-refractivity contribution >= 4 is 24.5 Å². The summed E-state index contributed by atoms with van der Waals surface area (Å²) in [7, 11) is 0. The Kier molecular flexibility index (Phi) is 7.07. The van der Waals surface area contributed by atoms with Crippen LogP contribution in [0.2, 0.25) is 0 Å². The average molecular weight is 357 g/mol. The third kappa shape index (κ3) is 5.64. The summed E-state index contributed by atoms with van der Waals surface area (Å²) in [5.74, 6) is -1.36. The Balaban J connectivity index is 1.99. The molecule has 2 aromatic carbocycles. The number of benzene rings is 2. The number of aryl methyl sites for hydroxylation is 1. The molecule has 0 saturated heterocycles. The fourth-order valence-corrected chi connectivity index (χ4v) is 2.53. The van der Waals surface area contributed by atoms with E-state index in [0.29, 0.717) is 5.56 Å². The minimum Gasteiger partial charge on any atom is -0.480 e. The predicted octanol–water partition coefficient (Wildman–Crippen LogP) is 3.81. The molecule has 25 heavy (non-hydrogen) atoms. The number of carbonyl (C=O) groups excluding carboxylic acids is 1. The molecule has 0 aromatic heterocycles. The van der Waals surface area contributed by atoms with Gasteiger partial charge in [-0.3, -0.25) is 9.59 Å². The zero-order valence-electron chi connectivity index (χ0n) is 14.2. The molecule has 1 atom stereocenters. The Hall–Kier alpha value is -2.27. The molecule has 0 aliphatic rings. The van der Waals surface area contributed by atoms with Crippen LogP contribution in [-0.4, -0.2) is 28.8 Å². The quantitative estimate of drug-likeness (QED) is 0.630. The van der Waals surface area contributed by atoms with Crippen molar-refractivity contribution in [2.45, 2.75) is 31.4 Å². The van der Waals surface area contributed by atoms with Gasteiger partial charge in [0, 0.05) is 12.1 Å². The van der Waals surface area contributed by atoms with E-state index in [1.54, 1.807) is 12.1 Å². The van der Waals surface area contributed by atoms with Crippen molar-refractivity contribution in [3.8, 4) is 11.1 Å². The number of amides is 1. The molecule has 0 saturated carbocycles. The normalized spacial score (nSPS) is 11.8. The summed E-state index contributed by atoms with van der Waals surface area (Å²) in [6.07, 6.45) is 3.47. The van der Waals surface area contributed by atoms with E-state index in [9.17, 15) is 9.59 Å². The van der Waals surface area contributed by atoms with Crippen molar-refractivity contribution in [1.29, 1.82) is 0 Å². The van der Waals surface area contributed by atoms with E-state index >= 15 is 0 Å². The standard InChI is InChI=1S/C20H23NO3S/c1-2-3-4-14-5-7-15(8-6-14)16-9-11-17(12-10-16)19(22)21-13-18(25)20(23)24/h5-12,18,25H,2-4,13H2,1H3,(H,21,22)(H,23,24). The van der Waals surface area contributed by atoms with Crippen LogP contribution in [0.15, 0.2) is 48.5 Å². The van der Waals surface area contributed by atoms with E-state index in [1.165, 1.54) is 18.4 Å². The summed E-state index contributed by atoms with van der Waals surface area (Å²) in [4.78, 5) is 22.7. The third-order valence-corrected chi connectivity index (χ3v) is 4.40. The van der Waals surface area contributed by atoms with Gasteiger partial charge in [0.15, 0.2) is 0 Å². The maximum atomic E-state index is 12.0. The van der Waals surface area contributed by atoms with Crippen LogP contribution >= 0.6 is 12.6 Å². The molecule has 0 aliphatic carbocycles. The number of hydrogen-bond acceptors (Lipinski definition) is 3. The molecule has 0 fully saturated rings. The Bertz CT molecular complexity index is 711. The maximum absolute atomic E-state index is 12.0. The topological polar surface area (TPSA) is 66.4 Å². The highest BCUT2D eigenvalue weighted by Crippen LogP contribution is 2.21. The summed E-state index contributed by atoms with van der Waals surface area (Å²) in [6.45, 7) is 2.17. The largest absolute Gasteiger partial charge is 0.480 e. The first kappa shape index (κ1) is 19.1. The van der Waals surface area contributed by atoms with E-state index in [0.717, 1.165) is 17.5 Å². The fourth-order valence-electron chi connectivity index (χ4n) is 2.44. The molecule has 0 spiro atoms. The molecule has 2 aromatic rings. The van der Waals surface area contributed by atoms with Gasteiger partial charge >= 0.3 is 5.97 Å². The average Bonchev–Trinajstić information content (AvgIpc) is 2.64. The molecule has 0 aliphatic heterocycles. The molecular formula is C20H23NO3S. The molecule has 0 radical (unpaired) electrons. The minimum absolute atomic E-state index is 0.0156. The second kappa shape index (κ2) is 9.28. The van der Waals surface area contributed by atoms with Gasteiger partial charge in [-0.05, 0) is 41.7 Å². The molecule has 2 N–H and O–H groups in total. The van der Waals surface area contributed by atoms with E-state index in [1.807, 2.05) is 12.1 Å². The summed E-state index contributed by atoms with van der Waals surface area (Å²) in [6, 6.07) is 15.7. The Morgan fingerprint density at radius 1 is 1.04 bits per heavy atom. The zero-order chi connectivity index (χ0) is 18.2. The zero-order valence-corrected chi connectivity index (χ0v) is 15.1. The number of carboxylic acids is 1. The fraction of sp³-hybridized carbons (Fsp3) is 0.300. The molecular weight excluding hydrogens is 334 g/mol. The number of aliphatic carboxylic acids is 1. The van der Waals surface area contributed by atoms with Crippen LogP contribution in [-0.2, 0) is 11.2 Å². The second-order valence-corrected chi connectivity index (χ2v) is 6.57. The molecule has 2 rings (SSSR count). The SMILES string of the molecule is CCCCc1ccc(-c2ccc(C(=O)NCC(S)C(=O)O)cc2)cc1. The van der Waals surface area contributed by atoms with Crippen molar-refractivity contribution in [3.63, 3.8) is 0 Å². The Morgan fingerprint density at radius 3 is 2.12 bits per heavy atom. The van der Waals surface area contributed by atoms with Crippen LogP contribution in [0.5, 0.6) is 0 Å².